The standard InChI is InChI=1S/C56H34F4N4/c1-33-8-4-6-10-41(33)45-28-49(59)53(30-47(45)57)63(39-20-12-35(32-61)13-21-39)51-26-16-36-15-25-44-52(27-17-37-14-24-43(51)55(36)56(37)44)64(40-22-18-38(62-3)19-23-40)54-31-48(58)46(29-50(54)60)42-11-7-5-9-34(42)2/h4-31H,1-2H3. The fourth-order valence-corrected chi connectivity index (χ4v) is 8.92. The van der Waals surface area contributed by atoms with E-state index >= 15 is 17.6 Å². The highest BCUT2D eigenvalue weighted by Crippen LogP contribution is 2.49. The Hall–Kier alpha value is -8.46. The molecule has 0 aliphatic rings. The molecule has 0 aliphatic carbocycles. The molecule has 0 aromatic heterocycles. The van der Waals surface area contributed by atoms with Crippen LogP contribution >= 0.6 is 0 Å². The second-order valence-electron chi connectivity index (χ2n) is 15.7. The lowest BCUT2D eigenvalue weighted by molar-refractivity contribution is 0.604. The molecule has 0 aliphatic heterocycles. The topological polar surface area (TPSA) is 34.6 Å². The van der Waals surface area contributed by atoms with E-state index in [1.54, 1.807) is 82.6 Å². The van der Waals surface area contributed by atoms with Crippen LogP contribution in [0.25, 0.3) is 59.4 Å². The van der Waals surface area contributed by atoms with Gasteiger partial charge in [0, 0.05) is 45.4 Å². The lowest BCUT2D eigenvalue weighted by atomic mass is 9.91. The molecule has 0 atom stereocenters. The van der Waals surface area contributed by atoms with E-state index in [2.05, 4.69) is 10.9 Å². The Labute approximate surface area is 366 Å². The molecule has 0 fully saturated rings. The van der Waals surface area contributed by atoms with Crippen LogP contribution < -0.4 is 9.80 Å². The van der Waals surface area contributed by atoms with Gasteiger partial charge in [0.1, 0.15) is 23.3 Å². The molecular weight excluding hydrogens is 805 g/mol. The molecule has 0 radical (unpaired) electrons. The minimum absolute atomic E-state index is 0.0280. The van der Waals surface area contributed by atoms with Gasteiger partial charge < -0.3 is 9.80 Å². The van der Waals surface area contributed by atoms with Crippen LogP contribution in [0.1, 0.15) is 16.7 Å². The van der Waals surface area contributed by atoms with Crippen LogP contribution in [0, 0.1) is 55.0 Å². The van der Waals surface area contributed by atoms with Crippen LogP contribution in [0.2, 0.25) is 0 Å². The van der Waals surface area contributed by atoms with Crippen molar-refractivity contribution in [1.29, 1.82) is 5.26 Å². The van der Waals surface area contributed by atoms with E-state index < -0.39 is 23.3 Å². The Morgan fingerprint density at radius 2 is 0.875 bits per heavy atom. The molecule has 0 bridgehead atoms. The quantitative estimate of drug-likeness (QED) is 0.0868. The molecule has 0 unspecified atom stereocenters. The van der Waals surface area contributed by atoms with Crippen molar-refractivity contribution >= 4 is 72.1 Å². The van der Waals surface area contributed by atoms with Gasteiger partial charge in [0.05, 0.1) is 41.0 Å². The number of hydrogen-bond acceptors (Lipinski definition) is 3. The van der Waals surface area contributed by atoms with Crippen LogP contribution in [-0.2, 0) is 0 Å². The third-order valence-corrected chi connectivity index (χ3v) is 12.0. The molecule has 8 heteroatoms. The van der Waals surface area contributed by atoms with Crippen LogP contribution in [0.5, 0.6) is 0 Å². The highest BCUT2D eigenvalue weighted by molar-refractivity contribution is 6.28. The molecule has 10 rings (SSSR count). The maximum Gasteiger partial charge on any atom is 0.187 e. The van der Waals surface area contributed by atoms with E-state index in [0.717, 1.165) is 38.1 Å². The Morgan fingerprint density at radius 3 is 1.30 bits per heavy atom. The number of halogens is 4. The minimum atomic E-state index is -0.653. The molecule has 10 aromatic rings. The number of benzene rings is 10. The molecule has 0 saturated heterocycles. The summed E-state index contributed by atoms with van der Waals surface area (Å²) in [4.78, 5) is 6.87. The predicted molar refractivity (Wildman–Crippen MR) is 251 cm³/mol. The van der Waals surface area contributed by atoms with Crippen LogP contribution in [0.4, 0.5) is 57.4 Å². The molecule has 64 heavy (non-hydrogen) atoms. The van der Waals surface area contributed by atoms with E-state index in [1.165, 1.54) is 24.3 Å². The molecule has 0 amide bonds. The van der Waals surface area contributed by atoms with E-state index in [9.17, 15) is 5.26 Å². The Balaban J connectivity index is 1.20. The third-order valence-electron chi connectivity index (χ3n) is 12.0. The lowest BCUT2D eigenvalue weighted by Crippen LogP contribution is -2.14. The number of anilines is 6. The van der Waals surface area contributed by atoms with Crippen LogP contribution in [0.3, 0.4) is 0 Å². The molecular formula is C56H34F4N4. The monoisotopic (exact) mass is 838 g/mol. The minimum Gasteiger partial charge on any atom is -0.307 e. The van der Waals surface area contributed by atoms with Crippen LogP contribution in [-0.4, -0.2) is 0 Å². The highest BCUT2D eigenvalue weighted by Gasteiger charge is 2.26. The first-order valence-electron chi connectivity index (χ1n) is 20.5. The average Bonchev–Trinajstić information content (AvgIpc) is 3.32. The van der Waals surface area contributed by atoms with Crippen molar-refractivity contribution in [2.45, 2.75) is 13.8 Å². The fourth-order valence-electron chi connectivity index (χ4n) is 8.92. The van der Waals surface area contributed by atoms with Crippen molar-refractivity contribution < 1.29 is 17.6 Å². The fraction of sp³-hybridized carbons (Fsp3) is 0.0357. The van der Waals surface area contributed by atoms with Gasteiger partial charge in [-0.05, 0) is 118 Å². The van der Waals surface area contributed by atoms with Gasteiger partial charge in [-0.15, -0.1) is 0 Å². The number of rotatable bonds is 8. The predicted octanol–water partition coefficient (Wildman–Crippen LogP) is 16.5. The van der Waals surface area contributed by atoms with Gasteiger partial charge in [0.15, 0.2) is 5.69 Å². The van der Waals surface area contributed by atoms with Crippen LogP contribution in [0.15, 0.2) is 170 Å². The van der Waals surface area contributed by atoms with Gasteiger partial charge in [0.25, 0.3) is 0 Å². The Kier molecular flexibility index (Phi) is 9.78. The maximum atomic E-state index is 16.8. The first-order chi connectivity index (χ1) is 31.1. The second-order valence-corrected chi connectivity index (χ2v) is 15.7. The summed E-state index contributed by atoms with van der Waals surface area (Å²) in [6.45, 7) is 11.3. The van der Waals surface area contributed by atoms with E-state index in [0.29, 0.717) is 50.5 Å². The summed E-state index contributed by atoms with van der Waals surface area (Å²) < 4.78 is 66.3. The molecule has 0 heterocycles. The van der Waals surface area contributed by atoms with Crippen molar-refractivity contribution in [3.05, 3.63) is 221 Å². The van der Waals surface area contributed by atoms with Crippen molar-refractivity contribution in [1.82, 2.24) is 0 Å². The molecule has 0 saturated carbocycles. The summed E-state index contributed by atoms with van der Waals surface area (Å²) in [5.41, 5.74) is 5.87. The number of aryl methyl sites for hydroxylation is 2. The first kappa shape index (κ1) is 39.7. The zero-order chi connectivity index (χ0) is 44.2. The zero-order valence-electron chi connectivity index (χ0n) is 34.5. The van der Waals surface area contributed by atoms with Gasteiger partial charge in [-0.1, -0.05) is 97.1 Å². The van der Waals surface area contributed by atoms with Crippen molar-refractivity contribution in [3.8, 4) is 28.3 Å². The Morgan fingerprint density at radius 1 is 0.453 bits per heavy atom. The molecule has 10 aromatic carbocycles. The van der Waals surface area contributed by atoms with Gasteiger partial charge in [-0.2, -0.15) is 5.26 Å². The largest absolute Gasteiger partial charge is 0.307 e. The summed E-state index contributed by atoms with van der Waals surface area (Å²) in [6.07, 6.45) is 0. The maximum absolute atomic E-state index is 16.8. The summed E-state index contributed by atoms with van der Waals surface area (Å²) >= 11 is 0. The van der Waals surface area contributed by atoms with Crippen molar-refractivity contribution in [3.63, 3.8) is 0 Å². The van der Waals surface area contributed by atoms with E-state index in [1.807, 2.05) is 86.6 Å². The van der Waals surface area contributed by atoms with Gasteiger partial charge in [-0.25, -0.2) is 22.4 Å². The van der Waals surface area contributed by atoms with E-state index in [4.69, 9.17) is 6.57 Å². The molecule has 0 N–H and O–H groups in total. The zero-order valence-corrected chi connectivity index (χ0v) is 34.5. The van der Waals surface area contributed by atoms with Crippen molar-refractivity contribution in [2.75, 3.05) is 9.80 Å². The number of nitriles is 1. The molecule has 4 nitrogen and oxygen atoms in total. The smallest absolute Gasteiger partial charge is 0.187 e. The lowest BCUT2D eigenvalue weighted by Gasteiger charge is -2.30. The first-order valence-corrected chi connectivity index (χ1v) is 20.5. The number of hydrogen-bond donors (Lipinski definition) is 0. The summed E-state index contributed by atoms with van der Waals surface area (Å²) in [5.74, 6) is -2.51. The summed E-state index contributed by atoms with van der Waals surface area (Å²) in [6, 6.07) is 50.3. The summed E-state index contributed by atoms with van der Waals surface area (Å²) in [7, 11) is 0. The van der Waals surface area contributed by atoms with Crippen molar-refractivity contribution in [2.24, 2.45) is 0 Å². The molecule has 306 valence electrons. The highest BCUT2D eigenvalue weighted by atomic mass is 19.1. The SMILES string of the molecule is [C-]#[N+]c1ccc(N(c2cc(F)c(-c3ccccc3C)cc2F)c2ccc3ccc4c(N(c5ccc(C#N)cc5)c5cc(F)c(-c6ccccc6C)cc5F)ccc5ccc2c3c54)cc1. The normalized spacial score (nSPS) is 11.2. The third kappa shape index (κ3) is 6.61. The number of nitrogens with zero attached hydrogens (tertiary/aromatic N) is 4. The Bertz CT molecular complexity index is 3310. The summed E-state index contributed by atoms with van der Waals surface area (Å²) in [5, 5.41) is 14.4. The molecule has 0 spiro atoms. The van der Waals surface area contributed by atoms with Gasteiger partial charge in [-0.3, -0.25) is 0 Å². The van der Waals surface area contributed by atoms with Gasteiger partial charge >= 0.3 is 0 Å². The van der Waals surface area contributed by atoms with Gasteiger partial charge in [0.2, 0.25) is 0 Å². The average molecular weight is 839 g/mol. The second kappa shape index (κ2) is 15.8. The van der Waals surface area contributed by atoms with E-state index in [-0.39, 0.29) is 22.5 Å².